The third-order valence-corrected chi connectivity index (χ3v) is 5.12. The van der Waals surface area contributed by atoms with E-state index in [0.29, 0.717) is 5.56 Å². The number of nitrogens with zero attached hydrogens (tertiary/aromatic N) is 1. The monoisotopic (exact) mass is 378 g/mol. The van der Waals surface area contributed by atoms with Crippen molar-refractivity contribution in [3.8, 4) is 0 Å². The topological polar surface area (TPSA) is 66.5 Å². The number of rotatable bonds is 8. The number of halogens is 1. The lowest BCUT2D eigenvalue weighted by molar-refractivity contribution is -0.120. The Labute approximate surface area is 153 Å². The Hall–Kier alpha value is -2.25. The van der Waals surface area contributed by atoms with Gasteiger partial charge in [-0.25, -0.2) is 12.8 Å². The van der Waals surface area contributed by atoms with Crippen LogP contribution in [0.2, 0.25) is 0 Å². The minimum atomic E-state index is -3.45. The summed E-state index contributed by atoms with van der Waals surface area (Å²) in [7, 11) is -3.45. The molecular formula is C19H23FN2O3S. The summed E-state index contributed by atoms with van der Waals surface area (Å²) in [4.78, 5) is 12.0. The molecule has 0 atom stereocenters. The van der Waals surface area contributed by atoms with Crippen LogP contribution in [-0.2, 0) is 27.8 Å². The molecule has 1 N–H and O–H groups in total. The highest BCUT2D eigenvalue weighted by molar-refractivity contribution is 7.88. The fourth-order valence-electron chi connectivity index (χ4n) is 2.55. The van der Waals surface area contributed by atoms with E-state index in [1.807, 2.05) is 31.2 Å². The highest BCUT2D eigenvalue weighted by atomic mass is 32.2. The van der Waals surface area contributed by atoms with Crippen molar-refractivity contribution in [2.45, 2.75) is 19.9 Å². The lowest BCUT2D eigenvalue weighted by Crippen LogP contribution is -2.38. The first-order valence-electron chi connectivity index (χ1n) is 8.26. The molecule has 0 radical (unpaired) electrons. The van der Waals surface area contributed by atoms with Gasteiger partial charge in [0.2, 0.25) is 15.9 Å². The molecule has 0 fully saturated rings. The Bertz CT molecular complexity index is 851. The van der Waals surface area contributed by atoms with Gasteiger partial charge >= 0.3 is 0 Å². The molecular weight excluding hydrogens is 355 g/mol. The second-order valence-corrected chi connectivity index (χ2v) is 8.22. The summed E-state index contributed by atoms with van der Waals surface area (Å²) in [5, 5.41) is 2.74. The van der Waals surface area contributed by atoms with Crippen molar-refractivity contribution in [1.29, 1.82) is 0 Å². The molecule has 26 heavy (non-hydrogen) atoms. The summed E-state index contributed by atoms with van der Waals surface area (Å²) in [5.41, 5.74) is 2.68. The predicted molar refractivity (Wildman–Crippen MR) is 99.5 cm³/mol. The van der Waals surface area contributed by atoms with Crippen molar-refractivity contribution in [2.75, 3.05) is 19.3 Å². The average molecular weight is 378 g/mol. The number of carbonyl (C=O) groups excluding carboxylic acids is 1. The number of sulfonamides is 1. The minimum Gasteiger partial charge on any atom is -0.354 e. The second kappa shape index (κ2) is 8.91. The third-order valence-electron chi connectivity index (χ3n) is 3.87. The summed E-state index contributed by atoms with van der Waals surface area (Å²) >= 11 is 0. The van der Waals surface area contributed by atoms with Crippen LogP contribution in [0.1, 0.15) is 16.7 Å². The van der Waals surface area contributed by atoms with Crippen molar-refractivity contribution in [3.05, 3.63) is 71.0 Å². The zero-order chi connectivity index (χ0) is 19.2. The molecule has 0 aromatic heterocycles. The van der Waals surface area contributed by atoms with E-state index < -0.39 is 10.0 Å². The van der Waals surface area contributed by atoms with Crippen LogP contribution in [0, 0.1) is 12.7 Å². The van der Waals surface area contributed by atoms with Crippen LogP contribution in [0.5, 0.6) is 0 Å². The predicted octanol–water partition coefficient (Wildman–Crippen LogP) is 2.25. The minimum absolute atomic E-state index is 0.132. The summed E-state index contributed by atoms with van der Waals surface area (Å²) in [6.45, 7) is 2.45. The maximum absolute atomic E-state index is 13.0. The summed E-state index contributed by atoms with van der Waals surface area (Å²) < 4.78 is 38.1. The molecule has 2 aromatic rings. The fourth-order valence-corrected chi connectivity index (χ4v) is 3.35. The van der Waals surface area contributed by atoms with E-state index in [9.17, 15) is 17.6 Å². The molecule has 0 unspecified atom stereocenters. The van der Waals surface area contributed by atoms with Gasteiger partial charge in [-0.15, -0.1) is 0 Å². The van der Waals surface area contributed by atoms with Crippen LogP contribution in [0.25, 0.3) is 0 Å². The smallest absolute Gasteiger partial charge is 0.224 e. The molecule has 0 aliphatic heterocycles. The van der Waals surface area contributed by atoms with Crippen molar-refractivity contribution < 1.29 is 17.6 Å². The third kappa shape index (κ3) is 6.57. The molecule has 7 heteroatoms. The molecule has 2 rings (SSSR count). The molecule has 5 nitrogen and oxygen atoms in total. The quantitative estimate of drug-likeness (QED) is 0.766. The number of carbonyl (C=O) groups is 1. The van der Waals surface area contributed by atoms with Crippen LogP contribution < -0.4 is 5.32 Å². The van der Waals surface area contributed by atoms with Crippen molar-refractivity contribution in [3.63, 3.8) is 0 Å². The van der Waals surface area contributed by atoms with Gasteiger partial charge in [-0.1, -0.05) is 42.0 Å². The molecule has 0 heterocycles. The maximum atomic E-state index is 13.0. The standard InChI is InChI=1S/C19H23FN2O3S/c1-15-4-3-5-17(12-15)13-19(23)21-10-11-22(26(2,24)25)14-16-6-8-18(20)9-7-16/h3-9,12H,10-11,13-14H2,1-2H3,(H,21,23). The molecule has 0 aliphatic rings. The van der Waals surface area contributed by atoms with E-state index in [-0.39, 0.29) is 37.8 Å². The number of aryl methyl sites for hydroxylation is 1. The lowest BCUT2D eigenvalue weighted by Gasteiger charge is -2.20. The Kier molecular flexibility index (Phi) is 6.88. The van der Waals surface area contributed by atoms with Gasteiger partial charge < -0.3 is 5.32 Å². The van der Waals surface area contributed by atoms with Crippen LogP contribution in [0.3, 0.4) is 0 Å². The number of hydrogen-bond acceptors (Lipinski definition) is 3. The Morgan fingerprint density at radius 2 is 1.81 bits per heavy atom. The van der Waals surface area contributed by atoms with Crippen molar-refractivity contribution in [2.24, 2.45) is 0 Å². The van der Waals surface area contributed by atoms with Crippen LogP contribution in [0.15, 0.2) is 48.5 Å². The number of hydrogen-bond donors (Lipinski definition) is 1. The van der Waals surface area contributed by atoms with Gasteiger partial charge in [-0.3, -0.25) is 4.79 Å². The molecule has 0 aliphatic carbocycles. The highest BCUT2D eigenvalue weighted by Crippen LogP contribution is 2.09. The Morgan fingerprint density at radius 1 is 1.12 bits per heavy atom. The van der Waals surface area contributed by atoms with E-state index in [4.69, 9.17) is 0 Å². The second-order valence-electron chi connectivity index (χ2n) is 6.24. The molecule has 2 aromatic carbocycles. The zero-order valence-corrected chi connectivity index (χ0v) is 15.7. The molecule has 0 spiro atoms. The summed E-state index contributed by atoms with van der Waals surface area (Å²) in [6, 6.07) is 13.3. The molecule has 140 valence electrons. The molecule has 0 saturated heterocycles. The summed E-state index contributed by atoms with van der Waals surface area (Å²) in [5.74, 6) is -0.533. The van der Waals surface area contributed by atoms with Gasteiger partial charge in [-0.05, 0) is 30.2 Å². The largest absolute Gasteiger partial charge is 0.354 e. The van der Waals surface area contributed by atoms with E-state index in [1.54, 1.807) is 12.1 Å². The van der Waals surface area contributed by atoms with Crippen molar-refractivity contribution in [1.82, 2.24) is 9.62 Å². The first-order chi connectivity index (χ1) is 12.2. The Morgan fingerprint density at radius 3 is 2.42 bits per heavy atom. The SMILES string of the molecule is Cc1cccc(CC(=O)NCCN(Cc2ccc(F)cc2)S(C)(=O)=O)c1. The fraction of sp³-hybridized carbons (Fsp3) is 0.316. The molecule has 0 saturated carbocycles. The van der Waals surface area contributed by atoms with Gasteiger partial charge in [-0.2, -0.15) is 4.31 Å². The number of amides is 1. The van der Waals surface area contributed by atoms with Gasteiger partial charge in [0.05, 0.1) is 12.7 Å². The number of nitrogens with one attached hydrogen (secondary N) is 1. The van der Waals surface area contributed by atoms with Gasteiger partial charge in [0.15, 0.2) is 0 Å². The van der Waals surface area contributed by atoms with Gasteiger partial charge in [0.1, 0.15) is 5.82 Å². The first kappa shape index (κ1) is 20.1. The van der Waals surface area contributed by atoms with Crippen LogP contribution >= 0.6 is 0 Å². The highest BCUT2D eigenvalue weighted by Gasteiger charge is 2.17. The molecule has 0 bridgehead atoms. The summed E-state index contributed by atoms with van der Waals surface area (Å²) in [6.07, 6.45) is 1.36. The van der Waals surface area contributed by atoms with Gasteiger partial charge in [0.25, 0.3) is 0 Å². The maximum Gasteiger partial charge on any atom is 0.224 e. The van der Waals surface area contributed by atoms with E-state index in [0.717, 1.165) is 17.4 Å². The van der Waals surface area contributed by atoms with E-state index >= 15 is 0 Å². The van der Waals surface area contributed by atoms with E-state index in [1.165, 1.54) is 16.4 Å². The van der Waals surface area contributed by atoms with Crippen molar-refractivity contribution >= 4 is 15.9 Å². The number of benzene rings is 2. The zero-order valence-electron chi connectivity index (χ0n) is 14.9. The lowest BCUT2D eigenvalue weighted by atomic mass is 10.1. The van der Waals surface area contributed by atoms with Crippen LogP contribution in [0.4, 0.5) is 4.39 Å². The van der Waals surface area contributed by atoms with Gasteiger partial charge in [0, 0.05) is 19.6 Å². The van der Waals surface area contributed by atoms with Crippen LogP contribution in [-0.4, -0.2) is 38.0 Å². The van der Waals surface area contributed by atoms with E-state index in [2.05, 4.69) is 5.32 Å². The Balaban J connectivity index is 1.89. The average Bonchev–Trinajstić information content (AvgIpc) is 2.55. The first-order valence-corrected chi connectivity index (χ1v) is 10.1. The normalized spacial score (nSPS) is 11.5. The molecule has 1 amide bonds.